The Bertz CT molecular complexity index is 417. The third-order valence-electron chi connectivity index (χ3n) is 3.91. The summed E-state index contributed by atoms with van der Waals surface area (Å²) in [6.45, 7) is 6.55. The van der Waals surface area contributed by atoms with Crippen LogP contribution in [0.3, 0.4) is 0 Å². The molecule has 20 heavy (non-hydrogen) atoms. The summed E-state index contributed by atoms with van der Waals surface area (Å²) in [5, 5.41) is 3.58. The van der Waals surface area contributed by atoms with E-state index >= 15 is 0 Å². The molecule has 112 valence electrons. The molecule has 0 saturated carbocycles. The van der Waals surface area contributed by atoms with Crippen molar-refractivity contribution in [2.75, 3.05) is 40.4 Å². The molecule has 2 rings (SSSR count). The molecule has 0 aromatic heterocycles. The van der Waals surface area contributed by atoms with Crippen molar-refractivity contribution in [2.45, 2.75) is 25.8 Å². The lowest BCUT2D eigenvalue weighted by Gasteiger charge is -2.26. The normalized spacial score (nSPS) is 17.1. The van der Waals surface area contributed by atoms with E-state index in [0.29, 0.717) is 6.04 Å². The average Bonchev–Trinajstić information content (AvgIpc) is 2.99. The smallest absolute Gasteiger partial charge is 0.127 e. The fourth-order valence-electron chi connectivity index (χ4n) is 2.85. The van der Waals surface area contributed by atoms with Crippen LogP contribution < -0.4 is 14.8 Å². The number of rotatable bonds is 7. The Balaban J connectivity index is 2.18. The Hall–Kier alpha value is -1.26. The standard InChI is InChI=1S/C16H26N2O2/c1-4-17-15(12-18-9-5-6-10-18)14-8-7-13(19-2)11-16(14)20-3/h7-8,11,15,17H,4-6,9-10,12H2,1-3H3. The van der Waals surface area contributed by atoms with Gasteiger partial charge in [-0.05, 0) is 38.5 Å². The molecule has 1 atom stereocenters. The molecule has 1 aliphatic heterocycles. The van der Waals surface area contributed by atoms with Crippen molar-refractivity contribution in [1.82, 2.24) is 10.2 Å². The highest BCUT2D eigenvalue weighted by atomic mass is 16.5. The second-order valence-corrected chi connectivity index (χ2v) is 5.23. The molecule has 0 bridgehead atoms. The summed E-state index contributed by atoms with van der Waals surface area (Å²) in [5.74, 6) is 1.73. The zero-order valence-corrected chi connectivity index (χ0v) is 12.8. The van der Waals surface area contributed by atoms with Gasteiger partial charge in [0.05, 0.1) is 14.2 Å². The summed E-state index contributed by atoms with van der Waals surface area (Å²) in [4.78, 5) is 2.52. The van der Waals surface area contributed by atoms with Crippen LogP contribution in [-0.4, -0.2) is 45.3 Å². The SMILES string of the molecule is CCNC(CN1CCCC1)c1ccc(OC)cc1OC. The first kappa shape index (κ1) is 15.1. The average molecular weight is 278 g/mol. The molecule has 4 nitrogen and oxygen atoms in total. The Morgan fingerprint density at radius 3 is 2.55 bits per heavy atom. The first-order valence-corrected chi connectivity index (χ1v) is 7.46. The molecule has 1 aromatic rings. The molecule has 1 N–H and O–H groups in total. The van der Waals surface area contributed by atoms with Gasteiger partial charge in [-0.15, -0.1) is 0 Å². The largest absolute Gasteiger partial charge is 0.497 e. The van der Waals surface area contributed by atoms with E-state index in [2.05, 4.69) is 23.2 Å². The highest BCUT2D eigenvalue weighted by Crippen LogP contribution is 2.30. The first-order valence-electron chi connectivity index (χ1n) is 7.46. The molecule has 4 heteroatoms. The molecule has 0 aliphatic carbocycles. The number of methoxy groups -OCH3 is 2. The van der Waals surface area contributed by atoms with E-state index in [1.807, 2.05) is 12.1 Å². The lowest BCUT2D eigenvalue weighted by atomic mass is 10.0. The first-order chi connectivity index (χ1) is 9.78. The van der Waals surface area contributed by atoms with E-state index in [4.69, 9.17) is 9.47 Å². The fourth-order valence-corrected chi connectivity index (χ4v) is 2.85. The van der Waals surface area contributed by atoms with Crippen LogP contribution in [0.5, 0.6) is 11.5 Å². The van der Waals surface area contributed by atoms with Crippen LogP contribution in [0.4, 0.5) is 0 Å². The van der Waals surface area contributed by atoms with E-state index in [0.717, 1.165) is 24.6 Å². The maximum absolute atomic E-state index is 5.54. The summed E-state index contributed by atoms with van der Waals surface area (Å²) in [6.07, 6.45) is 2.64. The van der Waals surface area contributed by atoms with Gasteiger partial charge in [0.25, 0.3) is 0 Å². The molecule has 1 unspecified atom stereocenters. The molecule has 1 saturated heterocycles. The zero-order chi connectivity index (χ0) is 14.4. The number of benzene rings is 1. The predicted molar refractivity (Wildman–Crippen MR) is 81.6 cm³/mol. The molecular weight excluding hydrogens is 252 g/mol. The minimum absolute atomic E-state index is 0.305. The number of likely N-dealkylation sites (tertiary alicyclic amines) is 1. The number of nitrogens with one attached hydrogen (secondary N) is 1. The van der Waals surface area contributed by atoms with E-state index in [-0.39, 0.29) is 0 Å². The van der Waals surface area contributed by atoms with Crippen molar-refractivity contribution in [1.29, 1.82) is 0 Å². The van der Waals surface area contributed by atoms with Crippen LogP contribution in [-0.2, 0) is 0 Å². The van der Waals surface area contributed by atoms with Crippen LogP contribution in [0, 0.1) is 0 Å². The zero-order valence-electron chi connectivity index (χ0n) is 12.8. The number of ether oxygens (including phenoxy) is 2. The lowest BCUT2D eigenvalue weighted by molar-refractivity contribution is 0.289. The lowest BCUT2D eigenvalue weighted by Crippen LogP contribution is -2.33. The van der Waals surface area contributed by atoms with Crippen molar-refractivity contribution < 1.29 is 9.47 Å². The van der Waals surface area contributed by atoms with Gasteiger partial charge in [0.2, 0.25) is 0 Å². The Morgan fingerprint density at radius 2 is 1.95 bits per heavy atom. The highest BCUT2D eigenvalue weighted by molar-refractivity contribution is 5.42. The van der Waals surface area contributed by atoms with Crippen LogP contribution in [0.1, 0.15) is 31.4 Å². The molecule has 0 radical (unpaired) electrons. The van der Waals surface area contributed by atoms with Gasteiger partial charge in [0, 0.05) is 24.2 Å². The van der Waals surface area contributed by atoms with Crippen molar-refractivity contribution in [3.63, 3.8) is 0 Å². The molecular formula is C16H26N2O2. The quantitative estimate of drug-likeness (QED) is 0.830. The minimum Gasteiger partial charge on any atom is -0.497 e. The van der Waals surface area contributed by atoms with E-state index in [1.165, 1.54) is 31.5 Å². The van der Waals surface area contributed by atoms with Crippen molar-refractivity contribution in [3.05, 3.63) is 23.8 Å². The van der Waals surface area contributed by atoms with Crippen molar-refractivity contribution in [2.24, 2.45) is 0 Å². The van der Waals surface area contributed by atoms with E-state index < -0.39 is 0 Å². The third-order valence-corrected chi connectivity index (χ3v) is 3.91. The Kier molecular flexibility index (Phi) is 5.68. The summed E-state index contributed by atoms with van der Waals surface area (Å²) in [5.41, 5.74) is 1.21. The second-order valence-electron chi connectivity index (χ2n) is 5.23. The van der Waals surface area contributed by atoms with Gasteiger partial charge in [0.15, 0.2) is 0 Å². The molecule has 1 aromatic carbocycles. The monoisotopic (exact) mass is 278 g/mol. The van der Waals surface area contributed by atoms with Crippen molar-refractivity contribution in [3.8, 4) is 11.5 Å². The van der Waals surface area contributed by atoms with Gasteiger partial charge in [0.1, 0.15) is 11.5 Å². The molecule has 0 amide bonds. The van der Waals surface area contributed by atoms with Gasteiger partial charge < -0.3 is 19.7 Å². The maximum atomic E-state index is 5.54. The number of nitrogens with zero attached hydrogens (tertiary/aromatic N) is 1. The molecule has 1 fully saturated rings. The second kappa shape index (κ2) is 7.50. The van der Waals surface area contributed by atoms with Gasteiger partial charge in [-0.1, -0.05) is 13.0 Å². The van der Waals surface area contributed by atoms with Crippen molar-refractivity contribution >= 4 is 0 Å². The van der Waals surface area contributed by atoms with Crippen LogP contribution in [0.25, 0.3) is 0 Å². The summed E-state index contributed by atoms with van der Waals surface area (Å²) < 4.78 is 10.8. The van der Waals surface area contributed by atoms with Crippen LogP contribution in [0.15, 0.2) is 18.2 Å². The van der Waals surface area contributed by atoms with Crippen LogP contribution >= 0.6 is 0 Å². The third kappa shape index (κ3) is 3.64. The minimum atomic E-state index is 0.305. The van der Waals surface area contributed by atoms with Crippen LogP contribution in [0.2, 0.25) is 0 Å². The summed E-state index contributed by atoms with van der Waals surface area (Å²) in [6, 6.07) is 6.38. The maximum Gasteiger partial charge on any atom is 0.127 e. The van der Waals surface area contributed by atoms with E-state index in [9.17, 15) is 0 Å². The Morgan fingerprint density at radius 1 is 1.20 bits per heavy atom. The van der Waals surface area contributed by atoms with Gasteiger partial charge in [-0.3, -0.25) is 0 Å². The van der Waals surface area contributed by atoms with Gasteiger partial charge in [-0.25, -0.2) is 0 Å². The van der Waals surface area contributed by atoms with Gasteiger partial charge in [-0.2, -0.15) is 0 Å². The molecule has 1 aliphatic rings. The van der Waals surface area contributed by atoms with Gasteiger partial charge >= 0.3 is 0 Å². The topological polar surface area (TPSA) is 33.7 Å². The highest BCUT2D eigenvalue weighted by Gasteiger charge is 2.21. The number of likely N-dealkylation sites (N-methyl/N-ethyl adjacent to an activating group) is 1. The number of hydrogen-bond donors (Lipinski definition) is 1. The number of hydrogen-bond acceptors (Lipinski definition) is 4. The van der Waals surface area contributed by atoms with E-state index in [1.54, 1.807) is 14.2 Å². The molecule has 0 spiro atoms. The fraction of sp³-hybridized carbons (Fsp3) is 0.625. The summed E-state index contributed by atoms with van der Waals surface area (Å²) >= 11 is 0. The Labute approximate surface area is 122 Å². The molecule has 1 heterocycles. The predicted octanol–water partition coefficient (Wildman–Crippen LogP) is 2.45. The summed E-state index contributed by atoms with van der Waals surface area (Å²) in [7, 11) is 3.40.